The van der Waals surface area contributed by atoms with Crippen molar-refractivity contribution in [3.05, 3.63) is 0 Å². The summed E-state index contributed by atoms with van der Waals surface area (Å²) in [5, 5.41) is 5.31. The minimum atomic E-state index is -4.79. The summed E-state index contributed by atoms with van der Waals surface area (Å²) in [4.78, 5) is 13.2. The highest BCUT2D eigenvalue weighted by atomic mass is 19.4. The molecular weight excluding hydrogens is 259 g/mol. The van der Waals surface area contributed by atoms with E-state index >= 15 is 0 Å². The van der Waals surface area contributed by atoms with Crippen molar-refractivity contribution in [3.63, 3.8) is 0 Å². The van der Waals surface area contributed by atoms with Crippen LogP contribution in [0.1, 0.15) is 25.7 Å². The molecule has 2 rings (SSSR count). The van der Waals surface area contributed by atoms with Gasteiger partial charge in [-0.1, -0.05) is 12.8 Å². The molecule has 0 bridgehead atoms. The first-order valence-electron chi connectivity index (χ1n) is 6.75. The molecule has 0 unspecified atom stereocenters. The zero-order valence-corrected chi connectivity index (χ0v) is 10.9. The Balaban J connectivity index is 1.97. The molecule has 2 N–H and O–H groups in total. The summed E-state index contributed by atoms with van der Waals surface area (Å²) in [5.74, 6) is -1.83. The van der Waals surface area contributed by atoms with E-state index in [0.29, 0.717) is 0 Å². The van der Waals surface area contributed by atoms with Crippen LogP contribution in [0.4, 0.5) is 13.2 Å². The van der Waals surface area contributed by atoms with Crippen LogP contribution in [0.5, 0.6) is 0 Å². The lowest BCUT2D eigenvalue weighted by Gasteiger charge is -2.43. The van der Waals surface area contributed by atoms with Gasteiger partial charge in [-0.05, 0) is 12.8 Å². The molecule has 1 saturated carbocycles. The van der Waals surface area contributed by atoms with Crippen LogP contribution in [-0.4, -0.2) is 55.2 Å². The lowest BCUT2D eigenvalue weighted by molar-refractivity contribution is -0.174. The Bertz CT molecular complexity index is 321. The second-order valence-corrected chi connectivity index (χ2v) is 5.35. The quantitative estimate of drug-likeness (QED) is 0.806. The molecule has 0 aromatic rings. The van der Waals surface area contributed by atoms with Crippen molar-refractivity contribution < 1.29 is 18.0 Å². The Labute approximate surface area is 110 Å². The van der Waals surface area contributed by atoms with Gasteiger partial charge in [-0.2, -0.15) is 13.2 Å². The van der Waals surface area contributed by atoms with E-state index in [-0.39, 0.29) is 12.1 Å². The number of alkyl halides is 3. The van der Waals surface area contributed by atoms with Gasteiger partial charge >= 0.3 is 12.1 Å². The third kappa shape index (κ3) is 3.39. The van der Waals surface area contributed by atoms with Crippen LogP contribution in [0, 0.1) is 0 Å². The first-order chi connectivity index (χ1) is 8.94. The maximum atomic E-state index is 12.3. The van der Waals surface area contributed by atoms with E-state index in [1.165, 1.54) is 0 Å². The van der Waals surface area contributed by atoms with E-state index in [2.05, 4.69) is 15.5 Å². The molecule has 1 aliphatic heterocycles. The molecule has 0 atom stereocenters. The highest BCUT2D eigenvalue weighted by molar-refractivity contribution is 5.81. The molecule has 1 heterocycles. The lowest BCUT2D eigenvalue weighted by Crippen LogP contribution is -2.60. The Kier molecular flexibility index (Phi) is 4.35. The first-order valence-corrected chi connectivity index (χ1v) is 6.75. The predicted octanol–water partition coefficient (Wildman–Crippen LogP) is 0.883. The summed E-state index contributed by atoms with van der Waals surface area (Å²) in [6, 6.07) is 0. The van der Waals surface area contributed by atoms with Crippen LogP contribution in [0.25, 0.3) is 0 Å². The van der Waals surface area contributed by atoms with Gasteiger partial charge in [0.05, 0.1) is 0 Å². The Morgan fingerprint density at radius 1 is 1.21 bits per heavy atom. The van der Waals surface area contributed by atoms with E-state index in [1.807, 2.05) is 0 Å². The highest BCUT2D eigenvalue weighted by Crippen LogP contribution is 2.35. The molecule has 110 valence electrons. The topological polar surface area (TPSA) is 44.4 Å². The standard InChI is InChI=1S/C12H20F3N3O/c13-12(14,15)10(19)17-9-11(3-1-2-4-11)18-7-5-16-6-8-18/h16H,1-9H2,(H,17,19). The minimum Gasteiger partial charge on any atom is -0.346 e. The molecule has 2 fully saturated rings. The van der Waals surface area contributed by atoms with E-state index in [1.54, 1.807) is 0 Å². The van der Waals surface area contributed by atoms with Crippen molar-refractivity contribution in [2.45, 2.75) is 37.4 Å². The van der Waals surface area contributed by atoms with Crippen molar-refractivity contribution >= 4 is 5.91 Å². The van der Waals surface area contributed by atoms with E-state index in [0.717, 1.165) is 51.9 Å². The fourth-order valence-corrected chi connectivity index (χ4v) is 3.12. The summed E-state index contributed by atoms with van der Waals surface area (Å²) >= 11 is 0. The number of halogens is 3. The van der Waals surface area contributed by atoms with Gasteiger partial charge in [0.1, 0.15) is 0 Å². The number of carbonyl (C=O) groups excluding carboxylic acids is 1. The maximum Gasteiger partial charge on any atom is 0.471 e. The number of hydrogen-bond donors (Lipinski definition) is 2. The first kappa shape index (κ1) is 14.6. The number of hydrogen-bond acceptors (Lipinski definition) is 3. The lowest BCUT2D eigenvalue weighted by atomic mass is 9.94. The Hall–Kier alpha value is -0.820. The van der Waals surface area contributed by atoms with E-state index < -0.39 is 12.1 Å². The van der Waals surface area contributed by atoms with Crippen molar-refractivity contribution in [3.8, 4) is 0 Å². The third-order valence-electron chi connectivity index (χ3n) is 4.16. The molecule has 0 aromatic heterocycles. The van der Waals surface area contributed by atoms with Gasteiger partial charge in [0.2, 0.25) is 0 Å². The van der Waals surface area contributed by atoms with Gasteiger partial charge < -0.3 is 10.6 Å². The van der Waals surface area contributed by atoms with Crippen molar-refractivity contribution in [1.29, 1.82) is 0 Å². The molecule has 1 saturated heterocycles. The zero-order valence-electron chi connectivity index (χ0n) is 10.9. The normalized spacial score (nSPS) is 24.4. The summed E-state index contributed by atoms with van der Waals surface area (Å²) in [6.45, 7) is 3.49. The second-order valence-electron chi connectivity index (χ2n) is 5.35. The van der Waals surface area contributed by atoms with E-state index in [4.69, 9.17) is 0 Å². The molecule has 0 aromatic carbocycles. The Morgan fingerprint density at radius 2 is 1.79 bits per heavy atom. The predicted molar refractivity (Wildman–Crippen MR) is 64.7 cm³/mol. The number of amides is 1. The fourth-order valence-electron chi connectivity index (χ4n) is 3.12. The SMILES string of the molecule is O=C(NCC1(N2CCNCC2)CCCC1)C(F)(F)F. The molecule has 1 amide bonds. The highest BCUT2D eigenvalue weighted by Gasteiger charge is 2.43. The fraction of sp³-hybridized carbons (Fsp3) is 0.917. The smallest absolute Gasteiger partial charge is 0.346 e. The average molecular weight is 279 g/mol. The van der Waals surface area contributed by atoms with Crippen LogP contribution in [0.15, 0.2) is 0 Å². The number of nitrogens with zero attached hydrogens (tertiary/aromatic N) is 1. The largest absolute Gasteiger partial charge is 0.471 e. The van der Waals surface area contributed by atoms with Gasteiger partial charge in [-0.3, -0.25) is 9.69 Å². The third-order valence-corrected chi connectivity index (χ3v) is 4.16. The number of carbonyl (C=O) groups is 1. The number of nitrogens with one attached hydrogen (secondary N) is 2. The molecule has 19 heavy (non-hydrogen) atoms. The summed E-state index contributed by atoms with van der Waals surface area (Å²) < 4.78 is 36.8. The molecule has 0 spiro atoms. The maximum absolute atomic E-state index is 12.3. The van der Waals surface area contributed by atoms with Crippen molar-refractivity contribution in [2.24, 2.45) is 0 Å². The summed E-state index contributed by atoms with van der Waals surface area (Å²) in [6.07, 6.45) is -1.02. The van der Waals surface area contributed by atoms with Gasteiger partial charge in [0, 0.05) is 38.3 Å². The monoisotopic (exact) mass is 279 g/mol. The summed E-state index contributed by atoms with van der Waals surface area (Å²) in [5.41, 5.74) is -0.275. The van der Waals surface area contributed by atoms with Crippen LogP contribution < -0.4 is 10.6 Å². The minimum absolute atomic E-state index is 0.103. The number of rotatable bonds is 3. The molecule has 1 aliphatic carbocycles. The van der Waals surface area contributed by atoms with Gasteiger partial charge in [0.15, 0.2) is 0 Å². The molecule has 7 heteroatoms. The molecule has 2 aliphatic rings. The average Bonchev–Trinajstić information content (AvgIpc) is 2.86. The van der Waals surface area contributed by atoms with Crippen LogP contribution in [0.2, 0.25) is 0 Å². The van der Waals surface area contributed by atoms with Crippen molar-refractivity contribution in [2.75, 3.05) is 32.7 Å². The molecule has 4 nitrogen and oxygen atoms in total. The van der Waals surface area contributed by atoms with Crippen molar-refractivity contribution in [1.82, 2.24) is 15.5 Å². The number of piperazine rings is 1. The van der Waals surface area contributed by atoms with Gasteiger partial charge in [-0.15, -0.1) is 0 Å². The zero-order chi connectivity index (χ0) is 13.9. The van der Waals surface area contributed by atoms with E-state index in [9.17, 15) is 18.0 Å². The van der Waals surface area contributed by atoms with Crippen LogP contribution in [-0.2, 0) is 4.79 Å². The van der Waals surface area contributed by atoms with Crippen LogP contribution >= 0.6 is 0 Å². The van der Waals surface area contributed by atoms with Crippen LogP contribution in [0.3, 0.4) is 0 Å². The van der Waals surface area contributed by atoms with Gasteiger partial charge in [-0.25, -0.2) is 0 Å². The molecular formula is C12H20F3N3O. The van der Waals surface area contributed by atoms with Gasteiger partial charge in [0.25, 0.3) is 0 Å². The second kappa shape index (κ2) is 5.66. The Morgan fingerprint density at radius 3 is 2.32 bits per heavy atom. The molecule has 0 radical (unpaired) electrons. The summed E-state index contributed by atoms with van der Waals surface area (Å²) in [7, 11) is 0.